The molecule has 3 heterocycles. The van der Waals surface area contributed by atoms with E-state index in [2.05, 4.69) is 15.4 Å². The van der Waals surface area contributed by atoms with Gasteiger partial charge in [0.2, 0.25) is 0 Å². The van der Waals surface area contributed by atoms with Crippen molar-refractivity contribution in [3.8, 4) is 16.3 Å². The van der Waals surface area contributed by atoms with E-state index in [1.807, 2.05) is 54.9 Å². The second kappa shape index (κ2) is 6.61. The molecule has 130 valence electrons. The summed E-state index contributed by atoms with van der Waals surface area (Å²) in [6, 6.07) is 11.4. The summed E-state index contributed by atoms with van der Waals surface area (Å²) in [6.45, 7) is 3.97. The molecule has 0 fully saturated rings. The number of thiazole rings is 1. The fourth-order valence-corrected chi connectivity index (χ4v) is 3.46. The van der Waals surface area contributed by atoms with Crippen molar-refractivity contribution in [3.63, 3.8) is 0 Å². The van der Waals surface area contributed by atoms with E-state index in [4.69, 9.17) is 4.42 Å². The van der Waals surface area contributed by atoms with Crippen LogP contribution in [0, 0.1) is 13.8 Å². The molecule has 0 aliphatic rings. The van der Waals surface area contributed by atoms with Crippen molar-refractivity contribution < 1.29 is 9.21 Å². The number of amides is 1. The molecule has 0 aliphatic carbocycles. The second-order valence-electron chi connectivity index (χ2n) is 5.88. The molecule has 0 unspecified atom stereocenters. The van der Waals surface area contributed by atoms with Crippen LogP contribution < -0.4 is 5.32 Å². The van der Waals surface area contributed by atoms with Gasteiger partial charge in [-0.05, 0) is 50.2 Å². The van der Waals surface area contributed by atoms with E-state index in [1.54, 1.807) is 18.7 Å². The summed E-state index contributed by atoms with van der Waals surface area (Å²) >= 11 is 1.33. The predicted octanol–water partition coefficient (Wildman–Crippen LogP) is 4.46. The maximum atomic E-state index is 12.4. The highest BCUT2D eigenvalue weighted by atomic mass is 32.1. The summed E-state index contributed by atoms with van der Waals surface area (Å²) in [4.78, 5) is 17.2. The van der Waals surface area contributed by atoms with Crippen molar-refractivity contribution in [2.45, 2.75) is 13.8 Å². The lowest BCUT2D eigenvalue weighted by Crippen LogP contribution is -2.10. The van der Waals surface area contributed by atoms with Crippen LogP contribution >= 0.6 is 11.3 Å². The molecule has 1 aromatic carbocycles. The van der Waals surface area contributed by atoms with E-state index < -0.39 is 0 Å². The quantitative estimate of drug-likeness (QED) is 0.580. The number of carbonyl (C=O) groups excluding carboxylic acids is 1. The van der Waals surface area contributed by atoms with Gasteiger partial charge in [0.15, 0.2) is 0 Å². The number of rotatable bonds is 4. The van der Waals surface area contributed by atoms with E-state index in [0.717, 1.165) is 33.3 Å². The van der Waals surface area contributed by atoms with Crippen molar-refractivity contribution in [1.29, 1.82) is 0 Å². The van der Waals surface area contributed by atoms with Gasteiger partial charge in [-0.3, -0.25) is 4.79 Å². The Morgan fingerprint density at radius 3 is 2.65 bits per heavy atom. The lowest BCUT2D eigenvalue weighted by molar-refractivity contribution is 0.103. The number of aromatic nitrogens is 3. The molecule has 3 aromatic heterocycles. The van der Waals surface area contributed by atoms with Gasteiger partial charge in [-0.1, -0.05) is 0 Å². The molecule has 26 heavy (non-hydrogen) atoms. The summed E-state index contributed by atoms with van der Waals surface area (Å²) in [5.74, 6) is -0.184. The largest absolute Gasteiger partial charge is 0.472 e. The van der Waals surface area contributed by atoms with Crippen molar-refractivity contribution in [2.24, 2.45) is 0 Å². The van der Waals surface area contributed by atoms with Crippen LogP contribution in [0.3, 0.4) is 0 Å². The number of anilines is 1. The summed E-state index contributed by atoms with van der Waals surface area (Å²) in [5.41, 5.74) is 4.57. The van der Waals surface area contributed by atoms with E-state index in [9.17, 15) is 4.79 Å². The average Bonchev–Trinajstić information content (AvgIpc) is 3.35. The normalized spacial score (nSPS) is 10.8. The lowest BCUT2D eigenvalue weighted by Gasteiger charge is -2.07. The van der Waals surface area contributed by atoms with Gasteiger partial charge in [0.05, 0.1) is 23.8 Å². The molecule has 6 nitrogen and oxygen atoms in total. The molecular formula is C19H16N4O2S. The van der Waals surface area contributed by atoms with Gasteiger partial charge in [0, 0.05) is 16.9 Å². The standard InChI is InChI=1S/C19H16N4O2S/c1-12-9-13(2)23(22-12)16-5-3-15(4-6-16)21-18(24)17-10-20-19(26-17)14-7-8-25-11-14/h3-11H,1-2H3,(H,21,24). The van der Waals surface area contributed by atoms with Gasteiger partial charge in [-0.15, -0.1) is 11.3 Å². The van der Waals surface area contributed by atoms with Gasteiger partial charge in [0.25, 0.3) is 5.91 Å². The van der Waals surface area contributed by atoms with Crippen molar-refractivity contribution in [1.82, 2.24) is 14.8 Å². The van der Waals surface area contributed by atoms with Crippen LogP contribution in [0.15, 0.2) is 59.5 Å². The van der Waals surface area contributed by atoms with Crippen LogP contribution in [0.1, 0.15) is 21.1 Å². The first kappa shape index (κ1) is 16.3. The highest BCUT2D eigenvalue weighted by Crippen LogP contribution is 2.26. The number of nitrogens with one attached hydrogen (secondary N) is 1. The van der Waals surface area contributed by atoms with Crippen LogP contribution in [0.4, 0.5) is 5.69 Å². The van der Waals surface area contributed by atoms with Crippen LogP contribution in [-0.4, -0.2) is 20.7 Å². The summed E-state index contributed by atoms with van der Waals surface area (Å²) in [7, 11) is 0. The molecule has 0 spiro atoms. The van der Waals surface area contributed by atoms with Crippen molar-refractivity contribution >= 4 is 22.9 Å². The van der Waals surface area contributed by atoms with Gasteiger partial charge in [-0.2, -0.15) is 5.10 Å². The van der Waals surface area contributed by atoms with Gasteiger partial charge < -0.3 is 9.73 Å². The highest BCUT2D eigenvalue weighted by molar-refractivity contribution is 7.17. The molecule has 0 bridgehead atoms. The molecule has 0 saturated heterocycles. The first-order chi connectivity index (χ1) is 12.6. The number of benzene rings is 1. The van der Waals surface area contributed by atoms with Crippen molar-refractivity contribution in [2.75, 3.05) is 5.32 Å². The summed E-state index contributed by atoms with van der Waals surface area (Å²) in [5, 5.41) is 8.11. The Morgan fingerprint density at radius 2 is 2.00 bits per heavy atom. The number of hydrogen-bond acceptors (Lipinski definition) is 5. The first-order valence-electron chi connectivity index (χ1n) is 8.03. The number of hydrogen-bond donors (Lipinski definition) is 1. The zero-order valence-corrected chi connectivity index (χ0v) is 15.1. The van der Waals surface area contributed by atoms with E-state index in [1.165, 1.54) is 11.3 Å². The first-order valence-corrected chi connectivity index (χ1v) is 8.85. The molecule has 7 heteroatoms. The fourth-order valence-electron chi connectivity index (χ4n) is 2.67. The topological polar surface area (TPSA) is 73.0 Å². The van der Waals surface area contributed by atoms with E-state index in [-0.39, 0.29) is 5.91 Å². The Morgan fingerprint density at radius 1 is 1.19 bits per heavy atom. The highest BCUT2D eigenvalue weighted by Gasteiger charge is 2.13. The third-order valence-electron chi connectivity index (χ3n) is 3.88. The number of carbonyl (C=O) groups is 1. The Balaban J connectivity index is 1.49. The third kappa shape index (κ3) is 3.16. The third-order valence-corrected chi connectivity index (χ3v) is 4.92. The average molecular weight is 364 g/mol. The molecule has 0 radical (unpaired) electrons. The molecule has 4 rings (SSSR count). The van der Waals surface area contributed by atoms with Crippen molar-refractivity contribution in [3.05, 3.63) is 71.4 Å². The maximum Gasteiger partial charge on any atom is 0.267 e. The minimum atomic E-state index is -0.184. The smallest absolute Gasteiger partial charge is 0.267 e. The molecule has 1 amide bonds. The molecule has 0 aliphatic heterocycles. The van der Waals surface area contributed by atoms with Crippen LogP contribution in [0.5, 0.6) is 0 Å². The lowest BCUT2D eigenvalue weighted by atomic mass is 10.2. The zero-order chi connectivity index (χ0) is 18.1. The molecule has 1 N–H and O–H groups in total. The van der Waals surface area contributed by atoms with E-state index in [0.29, 0.717) is 4.88 Å². The number of nitrogens with zero attached hydrogens (tertiary/aromatic N) is 3. The van der Waals surface area contributed by atoms with Gasteiger partial charge in [-0.25, -0.2) is 9.67 Å². The molecule has 0 saturated carbocycles. The number of furan rings is 1. The SMILES string of the molecule is Cc1cc(C)n(-c2ccc(NC(=O)c3cnc(-c4ccoc4)s3)cc2)n1. The van der Waals surface area contributed by atoms with Crippen LogP contribution in [0.25, 0.3) is 16.3 Å². The Labute approximate surface area is 154 Å². The number of aryl methyl sites for hydroxylation is 2. The second-order valence-corrected chi connectivity index (χ2v) is 6.91. The monoisotopic (exact) mass is 364 g/mol. The molecular weight excluding hydrogens is 348 g/mol. The predicted molar refractivity (Wildman–Crippen MR) is 101 cm³/mol. The molecule has 4 aromatic rings. The fraction of sp³-hybridized carbons (Fsp3) is 0.105. The van der Waals surface area contributed by atoms with Gasteiger partial charge >= 0.3 is 0 Å². The molecule has 0 atom stereocenters. The Hall–Kier alpha value is -3.19. The summed E-state index contributed by atoms with van der Waals surface area (Å²) in [6.07, 6.45) is 4.77. The Kier molecular flexibility index (Phi) is 4.14. The van der Waals surface area contributed by atoms with Crippen LogP contribution in [0.2, 0.25) is 0 Å². The zero-order valence-electron chi connectivity index (χ0n) is 14.3. The minimum Gasteiger partial charge on any atom is -0.472 e. The van der Waals surface area contributed by atoms with E-state index >= 15 is 0 Å². The Bertz CT molecular complexity index is 1050. The minimum absolute atomic E-state index is 0.184. The van der Waals surface area contributed by atoms with Gasteiger partial charge in [0.1, 0.15) is 16.1 Å². The maximum absolute atomic E-state index is 12.4. The summed E-state index contributed by atoms with van der Waals surface area (Å²) < 4.78 is 6.93. The van der Waals surface area contributed by atoms with Crippen LogP contribution in [-0.2, 0) is 0 Å².